The summed E-state index contributed by atoms with van der Waals surface area (Å²) < 4.78 is 17.9. The molecule has 1 aliphatic heterocycles. The monoisotopic (exact) mass is 627 g/mol. The van der Waals surface area contributed by atoms with Gasteiger partial charge in [-0.15, -0.1) is 0 Å². The number of benzene rings is 3. The van der Waals surface area contributed by atoms with Crippen LogP contribution in [0.25, 0.3) is 5.70 Å². The van der Waals surface area contributed by atoms with Crippen LogP contribution < -0.4 is 14.8 Å². The lowest BCUT2D eigenvalue weighted by Gasteiger charge is -2.30. The highest BCUT2D eigenvalue weighted by Gasteiger charge is 2.43. The Morgan fingerprint density at radius 3 is 2.41 bits per heavy atom. The van der Waals surface area contributed by atoms with Gasteiger partial charge in [0.15, 0.2) is 17.3 Å². The smallest absolute Gasteiger partial charge is 0.336 e. The highest BCUT2D eigenvalue weighted by atomic mass is 79.9. The second kappa shape index (κ2) is 11.1. The van der Waals surface area contributed by atoms with E-state index in [0.29, 0.717) is 66.3 Å². The number of ketones is 1. The van der Waals surface area contributed by atoms with Crippen molar-refractivity contribution in [3.05, 3.63) is 108 Å². The molecule has 0 bridgehead atoms. The van der Waals surface area contributed by atoms with Crippen LogP contribution in [-0.2, 0) is 16.1 Å². The average molecular weight is 629 g/mol. The summed E-state index contributed by atoms with van der Waals surface area (Å²) in [7, 11) is 1.33. The quantitative estimate of drug-likeness (QED) is 0.274. The van der Waals surface area contributed by atoms with Gasteiger partial charge >= 0.3 is 5.97 Å². The maximum atomic E-state index is 13.7. The first-order valence-corrected chi connectivity index (χ1v) is 13.8. The molecule has 1 atom stereocenters. The Morgan fingerprint density at radius 1 is 1.00 bits per heavy atom. The Kier molecular flexibility index (Phi) is 7.76. The molecule has 9 heteroatoms. The third-order valence-corrected chi connectivity index (χ3v) is 8.13. The van der Waals surface area contributed by atoms with E-state index in [0.717, 1.165) is 11.1 Å². The third-order valence-electron chi connectivity index (χ3n) is 6.71. The van der Waals surface area contributed by atoms with Crippen LogP contribution in [0.5, 0.6) is 11.5 Å². The van der Waals surface area contributed by atoms with Gasteiger partial charge in [-0.3, -0.25) is 4.79 Å². The molecule has 200 valence electrons. The number of rotatable bonds is 7. The molecule has 0 saturated carbocycles. The second-order valence-electron chi connectivity index (χ2n) is 9.04. The maximum absolute atomic E-state index is 13.7. The van der Waals surface area contributed by atoms with E-state index in [1.165, 1.54) is 7.11 Å². The largest absolute Gasteiger partial charge is 0.490 e. The van der Waals surface area contributed by atoms with Crippen molar-refractivity contribution in [3.8, 4) is 11.5 Å². The molecule has 0 amide bonds. The molecule has 0 radical (unpaired) electrons. The van der Waals surface area contributed by atoms with Gasteiger partial charge in [0.1, 0.15) is 6.61 Å². The number of carbonyl (C=O) groups excluding carboxylic acids is 2. The van der Waals surface area contributed by atoms with E-state index >= 15 is 0 Å². The highest BCUT2D eigenvalue weighted by molar-refractivity contribution is 9.10. The van der Waals surface area contributed by atoms with Crippen molar-refractivity contribution >= 4 is 56.6 Å². The summed E-state index contributed by atoms with van der Waals surface area (Å²) in [6, 6.07) is 16.3. The molecule has 3 aromatic carbocycles. The first kappa shape index (κ1) is 27.3. The minimum atomic E-state index is -0.702. The molecule has 0 saturated heterocycles. The van der Waals surface area contributed by atoms with E-state index in [9.17, 15) is 9.59 Å². The van der Waals surface area contributed by atoms with E-state index in [1.54, 1.807) is 31.2 Å². The molecule has 6 nitrogen and oxygen atoms in total. The van der Waals surface area contributed by atoms with Gasteiger partial charge in [0.05, 0.1) is 40.9 Å². The Balaban J connectivity index is 1.61. The zero-order chi connectivity index (χ0) is 27.8. The third kappa shape index (κ3) is 4.95. The van der Waals surface area contributed by atoms with Crippen LogP contribution >= 0.6 is 39.1 Å². The molecule has 2 aliphatic rings. The van der Waals surface area contributed by atoms with Crippen LogP contribution in [0.4, 0.5) is 0 Å². The lowest BCUT2D eigenvalue weighted by atomic mass is 9.79. The molecule has 0 aromatic heterocycles. The van der Waals surface area contributed by atoms with Gasteiger partial charge in [0.2, 0.25) is 0 Å². The number of dihydropyridines is 1. The van der Waals surface area contributed by atoms with Gasteiger partial charge in [0, 0.05) is 26.9 Å². The van der Waals surface area contributed by atoms with Crippen LogP contribution in [0.15, 0.2) is 75.9 Å². The standard InChI is InChI=1S/C30H24BrCl2NO5/c1-4-38-23-12-19(20(31)13-24(23)39-14-16-9-10-21(32)22(33)11-16)26-25(30(36)37-3)15(2)34-28-17-7-5-6-8-18(17)29(35)27(26)28/h5-13,26,34H,4,14H2,1-3H3/t26-/m0/s1. The van der Waals surface area contributed by atoms with Gasteiger partial charge in [-0.1, -0.05) is 69.5 Å². The molecular weight excluding hydrogens is 605 g/mol. The van der Waals surface area contributed by atoms with Crippen molar-refractivity contribution in [1.82, 2.24) is 5.32 Å². The molecular formula is C30H24BrCl2NO5. The molecule has 39 heavy (non-hydrogen) atoms. The fraction of sp³-hybridized carbons (Fsp3) is 0.200. The van der Waals surface area contributed by atoms with Crippen molar-refractivity contribution in [2.45, 2.75) is 26.4 Å². The van der Waals surface area contributed by atoms with Crippen molar-refractivity contribution in [2.24, 2.45) is 0 Å². The van der Waals surface area contributed by atoms with Crippen molar-refractivity contribution in [2.75, 3.05) is 13.7 Å². The van der Waals surface area contributed by atoms with Crippen molar-refractivity contribution in [3.63, 3.8) is 0 Å². The summed E-state index contributed by atoms with van der Waals surface area (Å²) in [4.78, 5) is 26.8. The summed E-state index contributed by atoms with van der Waals surface area (Å²) in [5.41, 5.74) is 5.03. The molecule has 5 rings (SSSR count). The molecule has 0 spiro atoms. The Labute approximate surface area is 244 Å². The number of methoxy groups -OCH3 is 1. The molecule has 1 N–H and O–H groups in total. The first-order chi connectivity index (χ1) is 18.7. The number of carbonyl (C=O) groups is 2. The topological polar surface area (TPSA) is 73.9 Å². The Bertz CT molecular complexity index is 1580. The number of halogens is 3. The number of ether oxygens (including phenoxy) is 3. The summed E-state index contributed by atoms with van der Waals surface area (Å²) in [6.07, 6.45) is 0. The van der Waals surface area contributed by atoms with Gasteiger partial charge in [0.25, 0.3) is 0 Å². The average Bonchev–Trinajstić information content (AvgIpc) is 3.21. The Hall–Kier alpha value is -3.26. The summed E-state index contributed by atoms with van der Waals surface area (Å²) in [5.74, 6) is -0.405. The summed E-state index contributed by atoms with van der Waals surface area (Å²) >= 11 is 15.9. The predicted octanol–water partition coefficient (Wildman–Crippen LogP) is 7.48. The highest BCUT2D eigenvalue weighted by Crippen LogP contribution is 2.50. The lowest BCUT2D eigenvalue weighted by Crippen LogP contribution is -2.29. The van der Waals surface area contributed by atoms with Crippen LogP contribution in [0.1, 0.15) is 46.8 Å². The van der Waals surface area contributed by atoms with E-state index in [4.69, 9.17) is 37.4 Å². The number of Topliss-reactive ketones (excluding diaryl/α,β-unsaturated/α-hetero) is 1. The van der Waals surface area contributed by atoms with E-state index in [1.807, 2.05) is 37.3 Å². The minimum Gasteiger partial charge on any atom is -0.490 e. The van der Waals surface area contributed by atoms with Crippen LogP contribution in [0.3, 0.4) is 0 Å². The minimum absolute atomic E-state index is 0.142. The SMILES string of the molecule is CCOc1cc([C@H]2C(C(=O)OC)=C(C)NC3=C2C(=O)c2ccccc23)c(Br)cc1OCc1ccc(Cl)c(Cl)c1. The molecule has 1 aliphatic carbocycles. The fourth-order valence-electron chi connectivity index (χ4n) is 4.96. The number of fused-ring (bicyclic) bond motifs is 2. The first-order valence-electron chi connectivity index (χ1n) is 12.2. The summed E-state index contributed by atoms with van der Waals surface area (Å²) in [5, 5.41) is 4.20. The molecule has 0 fully saturated rings. The van der Waals surface area contributed by atoms with Gasteiger partial charge in [-0.05, 0) is 49.2 Å². The maximum Gasteiger partial charge on any atom is 0.336 e. The van der Waals surface area contributed by atoms with Crippen molar-refractivity contribution in [1.29, 1.82) is 0 Å². The second-order valence-corrected chi connectivity index (χ2v) is 10.7. The normalized spacial score (nSPS) is 16.1. The molecule has 0 unspecified atom stereocenters. The van der Waals surface area contributed by atoms with E-state index < -0.39 is 11.9 Å². The molecule has 1 heterocycles. The van der Waals surface area contributed by atoms with E-state index in [-0.39, 0.29) is 12.4 Å². The number of allylic oxidation sites excluding steroid dienone is 2. The number of esters is 1. The van der Waals surface area contributed by atoms with Crippen LogP contribution in [-0.4, -0.2) is 25.5 Å². The van der Waals surface area contributed by atoms with Crippen molar-refractivity contribution < 1.29 is 23.8 Å². The predicted molar refractivity (Wildman–Crippen MR) is 154 cm³/mol. The van der Waals surface area contributed by atoms with Gasteiger partial charge in [-0.2, -0.15) is 0 Å². The Morgan fingerprint density at radius 2 is 1.72 bits per heavy atom. The number of hydrogen-bond acceptors (Lipinski definition) is 6. The zero-order valence-corrected chi connectivity index (χ0v) is 24.5. The van der Waals surface area contributed by atoms with Crippen LogP contribution in [0.2, 0.25) is 10.0 Å². The number of nitrogens with one attached hydrogen (secondary N) is 1. The fourth-order valence-corrected chi connectivity index (χ4v) is 5.84. The van der Waals surface area contributed by atoms with Gasteiger partial charge < -0.3 is 19.5 Å². The van der Waals surface area contributed by atoms with E-state index in [2.05, 4.69) is 21.2 Å². The molecule has 3 aromatic rings. The number of hydrogen-bond donors (Lipinski definition) is 1. The summed E-state index contributed by atoms with van der Waals surface area (Å²) in [6.45, 7) is 4.29. The van der Waals surface area contributed by atoms with Gasteiger partial charge in [-0.25, -0.2) is 4.79 Å². The lowest BCUT2D eigenvalue weighted by molar-refractivity contribution is -0.136. The zero-order valence-electron chi connectivity index (χ0n) is 21.4. The van der Waals surface area contributed by atoms with Crippen LogP contribution in [0, 0.1) is 0 Å².